The average molecular weight is 461 g/mol. The Labute approximate surface area is 196 Å². The van der Waals surface area contributed by atoms with Gasteiger partial charge in [-0.05, 0) is 67.6 Å². The molecule has 7 heteroatoms. The van der Waals surface area contributed by atoms with Gasteiger partial charge in [0.1, 0.15) is 11.6 Å². The van der Waals surface area contributed by atoms with Crippen LogP contribution in [0.3, 0.4) is 0 Å². The molecule has 0 bridgehead atoms. The lowest BCUT2D eigenvalue weighted by Gasteiger charge is -2.37. The van der Waals surface area contributed by atoms with Crippen LogP contribution in [0.15, 0.2) is 71.1 Å². The van der Waals surface area contributed by atoms with E-state index in [0.717, 1.165) is 42.6 Å². The maximum atomic E-state index is 13.1. The molecule has 0 radical (unpaired) electrons. The maximum absolute atomic E-state index is 13.1. The third-order valence-corrected chi connectivity index (χ3v) is 6.48. The van der Waals surface area contributed by atoms with E-state index in [9.17, 15) is 18.8 Å². The van der Waals surface area contributed by atoms with Gasteiger partial charge in [-0.1, -0.05) is 12.1 Å². The van der Waals surface area contributed by atoms with Gasteiger partial charge in [0, 0.05) is 47.0 Å². The summed E-state index contributed by atoms with van der Waals surface area (Å²) in [7, 11) is 0. The van der Waals surface area contributed by atoms with Crippen molar-refractivity contribution in [2.75, 3.05) is 11.9 Å². The van der Waals surface area contributed by atoms with Crippen LogP contribution >= 0.6 is 0 Å². The standard InChI is InChI=1S/C27H25FN2O4/c28-17-10-12-18(13-11-17)29-24(33)15-34-19-5-1-4-16(14-19)25-26-20(6-2-8-22(26)31)30-21-7-3-9-23(32)27(21)25/h1,4-5,10-14,25,30H,2-3,6-9,15H2,(H,29,33). The van der Waals surface area contributed by atoms with E-state index in [-0.39, 0.29) is 29.9 Å². The number of nitrogens with one attached hydrogen (secondary N) is 2. The number of benzene rings is 2. The summed E-state index contributed by atoms with van der Waals surface area (Å²) in [6, 6.07) is 12.7. The van der Waals surface area contributed by atoms with Crippen LogP contribution in [0.2, 0.25) is 0 Å². The van der Waals surface area contributed by atoms with Gasteiger partial charge >= 0.3 is 0 Å². The molecule has 0 unspecified atom stereocenters. The van der Waals surface area contributed by atoms with Gasteiger partial charge in [-0.25, -0.2) is 4.39 Å². The first-order chi connectivity index (χ1) is 16.5. The highest BCUT2D eigenvalue weighted by Gasteiger charge is 2.40. The summed E-state index contributed by atoms with van der Waals surface area (Å²) in [5, 5.41) is 6.07. The summed E-state index contributed by atoms with van der Waals surface area (Å²) in [5.41, 5.74) is 4.52. The molecule has 6 nitrogen and oxygen atoms in total. The van der Waals surface area contributed by atoms with E-state index in [2.05, 4.69) is 10.6 Å². The molecule has 1 aliphatic heterocycles. The zero-order valence-corrected chi connectivity index (χ0v) is 18.7. The quantitative estimate of drug-likeness (QED) is 0.684. The highest BCUT2D eigenvalue weighted by atomic mass is 19.1. The molecule has 34 heavy (non-hydrogen) atoms. The van der Waals surface area contributed by atoms with Crippen LogP contribution in [0, 0.1) is 5.82 Å². The molecule has 3 aliphatic rings. The number of rotatable bonds is 5. The fourth-order valence-electron chi connectivity index (χ4n) is 4.98. The predicted molar refractivity (Wildman–Crippen MR) is 125 cm³/mol. The maximum Gasteiger partial charge on any atom is 0.262 e. The van der Waals surface area contributed by atoms with Gasteiger partial charge in [-0.3, -0.25) is 14.4 Å². The highest BCUT2D eigenvalue weighted by Crippen LogP contribution is 2.45. The van der Waals surface area contributed by atoms with E-state index in [1.165, 1.54) is 24.3 Å². The molecule has 0 saturated carbocycles. The number of Topliss-reactive ketones (excluding diaryl/α,β-unsaturated/α-hetero) is 2. The van der Waals surface area contributed by atoms with Crippen molar-refractivity contribution in [3.63, 3.8) is 0 Å². The van der Waals surface area contributed by atoms with Gasteiger partial charge in [-0.2, -0.15) is 0 Å². The largest absolute Gasteiger partial charge is 0.484 e. The van der Waals surface area contributed by atoms with Gasteiger partial charge in [0.15, 0.2) is 18.2 Å². The van der Waals surface area contributed by atoms with E-state index in [1.807, 2.05) is 12.1 Å². The Bertz CT molecular complexity index is 1190. The van der Waals surface area contributed by atoms with Crippen LogP contribution in [0.25, 0.3) is 0 Å². The summed E-state index contributed by atoms with van der Waals surface area (Å²) in [4.78, 5) is 38.2. The van der Waals surface area contributed by atoms with Gasteiger partial charge in [-0.15, -0.1) is 0 Å². The molecule has 2 aromatic rings. The molecular formula is C27H25FN2O4. The van der Waals surface area contributed by atoms with E-state index in [4.69, 9.17) is 4.74 Å². The number of carbonyl (C=O) groups is 3. The second-order valence-corrected chi connectivity index (χ2v) is 8.81. The van der Waals surface area contributed by atoms with Crippen LogP contribution in [0.1, 0.15) is 50.0 Å². The Kier molecular flexibility index (Phi) is 6.01. The number of dihydropyridines is 1. The zero-order chi connectivity index (χ0) is 23.7. The monoisotopic (exact) mass is 460 g/mol. The number of allylic oxidation sites excluding steroid dienone is 4. The Balaban J connectivity index is 1.39. The Morgan fingerprint density at radius 3 is 2.24 bits per heavy atom. The normalized spacial score (nSPS) is 18.3. The van der Waals surface area contributed by atoms with Gasteiger partial charge in [0.2, 0.25) is 0 Å². The van der Waals surface area contributed by atoms with E-state index in [1.54, 1.807) is 12.1 Å². The SMILES string of the molecule is O=C(COc1cccc(C2C3=C(CCCC3=O)NC3=C2C(=O)CCC3)c1)Nc1ccc(F)cc1. The Morgan fingerprint density at radius 2 is 1.59 bits per heavy atom. The molecule has 2 aliphatic carbocycles. The fourth-order valence-corrected chi connectivity index (χ4v) is 4.98. The summed E-state index contributed by atoms with van der Waals surface area (Å²) in [6.45, 7) is -0.229. The van der Waals surface area contributed by atoms with Crippen LogP contribution in [0.5, 0.6) is 5.75 Å². The number of hydrogen-bond donors (Lipinski definition) is 2. The molecular weight excluding hydrogens is 435 g/mol. The van der Waals surface area contributed by atoms with E-state index in [0.29, 0.717) is 35.4 Å². The van der Waals surface area contributed by atoms with E-state index >= 15 is 0 Å². The van der Waals surface area contributed by atoms with Crippen LogP contribution in [-0.2, 0) is 14.4 Å². The third-order valence-electron chi connectivity index (χ3n) is 6.48. The van der Waals surface area contributed by atoms with Crippen LogP contribution < -0.4 is 15.4 Å². The lowest BCUT2D eigenvalue weighted by Crippen LogP contribution is -2.36. The highest BCUT2D eigenvalue weighted by molar-refractivity contribution is 6.06. The minimum atomic E-state index is -0.413. The van der Waals surface area contributed by atoms with Crippen molar-refractivity contribution < 1.29 is 23.5 Å². The molecule has 0 saturated heterocycles. The van der Waals surface area contributed by atoms with Crippen LogP contribution in [0.4, 0.5) is 10.1 Å². The second-order valence-electron chi connectivity index (χ2n) is 8.81. The molecule has 2 N–H and O–H groups in total. The fraction of sp³-hybridized carbons (Fsp3) is 0.296. The number of carbonyl (C=O) groups excluding carboxylic acids is 3. The van der Waals surface area contributed by atoms with Crippen molar-refractivity contribution in [2.24, 2.45) is 0 Å². The Morgan fingerprint density at radius 1 is 0.941 bits per heavy atom. The van der Waals surface area contributed by atoms with Crippen molar-refractivity contribution in [1.82, 2.24) is 5.32 Å². The van der Waals surface area contributed by atoms with Crippen molar-refractivity contribution >= 4 is 23.2 Å². The van der Waals surface area contributed by atoms with Crippen molar-refractivity contribution in [3.8, 4) is 5.75 Å². The zero-order valence-electron chi connectivity index (χ0n) is 18.7. The minimum Gasteiger partial charge on any atom is -0.484 e. The molecule has 5 rings (SSSR count). The van der Waals surface area contributed by atoms with Gasteiger partial charge < -0.3 is 15.4 Å². The number of hydrogen-bond acceptors (Lipinski definition) is 5. The molecule has 0 atom stereocenters. The summed E-state index contributed by atoms with van der Waals surface area (Å²) >= 11 is 0. The predicted octanol–water partition coefficient (Wildman–Crippen LogP) is 4.54. The first-order valence-corrected chi connectivity index (χ1v) is 11.6. The van der Waals surface area contributed by atoms with E-state index < -0.39 is 5.92 Å². The lowest BCUT2D eigenvalue weighted by atomic mass is 9.71. The lowest BCUT2D eigenvalue weighted by molar-refractivity contribution is -0.118. The number of ketones is 2. The number of halogens is 1. The third kappa shape index (κ3) is 4.38. The first kappa shape index (κ1) is 22.1. The molecule has 2 aromatic carbocycles. The summed E-state index contributed by atoms with van der Waals surface area (Å²) < 4.78 is 18.8. The topological polar surface area (TPSA) is 84.5 Å². The second kappa shape index (κ2) is 9.25. The van der Waals surface area contributed by atoms with Gasteiger partial charge in [0.25, 0.3) is 5.91 Å². The van der Waals surface area contributed by atoms with Crippen molar-refractivity contribution in [3.05, 3.63) is 82.5 Å². The van der Waals surface area contributed by atoms with Crippen molar-refractivity contribution in [2.45, 2.75) is 44.4 Å². The van der Waals surface area contributed by atoms with Crippen LogP contribution in [-0.4, -0.2) is 24.1 Å². The molecule has 1 amide bonds. The summed E-state index contributed by atoms with van der Waals surface area (Å²) in [5.74, 6) is -0.543. The summed E-state index contributed by atoms with van der Waals surface area (Å²) in [6.07, 6.45) is 4.16. The molecule has 0 aromatic heterocycles. The van der Waals surface area contributed by atoms with Crippen molar-refractivity contribution in [1.29, 1.82) is 0 Å². The van der Waals surface area contributed by atoms with Gasteiger partial charge in [0.05, 0.1) is 0 Å². The first-order valence-electron chi connectivity index (χ1n) is 11.6. The molecule has 1 heterocycles. The number of ether oxygens (including phenoxy) is 1. The number of amides is 1. The molecule has 174 valence electrons. The minimum absolute atomic E-state index is 0.0775. The molecule has 0 fully saturated rings. The molecule has 0 spiro atoms. The average Bonchev–Trinajstić information content (AvgIpc) is 2.83. The number of anilines is 1. The Hall–Kier alpha value is -3.74. The smallest absolute Gasteiger partial charge is 0.262 e.